The number of aliphatic hydroxyl groups is 1. The third-order valence-corrected chi connectivity index (χ3v) is 3.67. The van der Waals surface area contributed by atoms with Gasteiger partial charge >= 0.3 is 6.18 Å². The van der Waals surface area contributed by atoms with Gasteiger partial charge in [-0.15, -0.1) is 0 Å². The molecule has 20 heavy (non-hydrogen) atoms. The first-order chi connectivity index (χ1) is 9.45. The number of nitriles is 1. The minimum Gasteiger partial charge on any atom is -0.396 e. The molecule has 1 N–H and O–H groups in total. The van der Waals surface area contributed by atoms with Crippen LogP contribution in [-0.2, 0) is 6.18 Å². The van der Waals surface area contributed by atoms with Crippen LogP contribution in [-0.4, -0.2) is 24.8 Å². The molecule has 0 bridgehead atoms. The fourth-order valence-electron chi connectivity index (χ4n) is 2.43. The molecule has 1 fully saturated rings. The Kier molecular flexibility index (Phi) is 4.19. The van der Waals surface area contributed by atoms with Gasteiger partial charge in [-0.2, -0.15) is 18.4 Å². The Bertz CT molecular complexity index is 514. The zero-order chi connectivity index (χ0) is 14.8. The standard InChI is InChI=1S/C14H15F3N2O/c15-14(16,17)13-7-12(2-1-11(13)8-18)19-5-3-10(9-20)4-6-19/h1-2,7,10,20H,3-6,9H2. The molecule has 2 rings (SSSR count). The average molecular weight is 284 g/mol. The van der Waals surface area contributed by atoms with E-state index in [1.54, 1.807) is 12.1 Å². The maximum Gasteiger partial charge on any atom is 0.417 e. The van der Waals surface area contributed by atoms with E-state index >= 15 is 0 Å². The van der Waals surface area contributed by atoms with Gasteiger partial charge in [0.2, 0.25) is 0 Å². The molecule has 1 aliphatic rings. The highest BCUT2D eigenvalue weighted by molar-refractivity contribution is 5.55. The molecule has 0 amide bonds. The van der Waals surface area contributed by atoms with Crippen LogP contribution in [0.2, 0.25) is 0 Å². The highest BCUT2D eigenvalue weighted by Crippen LogP contribution is 2.35. The Morgan fingerprint density at radius 1 is 1.30 bits per heavy atom. The van der Waals surface area contributed by atoms with Gasteiger partial charge in [0.05, 0.1) is 17.2 Å². The lowest BCUT2D eigenvalue weighted by Crippen LogP contribution is -2.34. The summed E-state index contributed by atoms with van der Waals surface area (Å²) in [4.78, 5) is 1.86. The second-order valence-electron chi connectivity index (χ2n) is 4.95. The second-order valence-corrected chi connectivity index (χ2v) is 4.95. The van der Waals surface area contributed by atoms with Crippen molar-refractivity contribution in [3.63, 3.8) is 0 Å². The summed E-state index contributed by atoms with van der Waals surface area (Å²) in [6, 6.07) is 5.38. The van der Waals surface area contributed by atoms with Crippen LogP contribution >= 0.6 is 0 Å². The van der Waals surface area contributed by atoms with Crippen molar-refractivity contribution in [2.45, 2.75) is 19.0 Å². The minimum atomic E-state index is -4.52. The molecule has 0 aromatic heterocycles. The number of nitrogens with zero attached hydrogens (tertiary/aromatic N) is 2. The lowest BCUT2D eigenvalue weighted by atomic mass is 9.97. The van der Waals surface area contributed by atoms with Crippen LogP contribution in [0.1, 0.15) is 24.0 Å². The van der Waals surface area contributed by atoms with Crippen molar-refractivity contribution in [2.24, 2.45) is 5.92 Å². The molecule has 0 atom stereocenters. The van der Waals surface area contributed by atoms with Crippen LogP contribution in [0, 0.1) is 17.2 Å². The van der Waals surface area contributed by atoms with Crippen molar-refractivity contribution in [1.29, 1.82) is 5.26 Å². The predicted molar refractivity (Wildman–Crippen MR) is 68.2 cm³/mol. The molecule has 3 nitrogen and oxygen atoms in total. The summed E-state index contributed by atoms with van der Waals surface area (Å²) >= 11 is 0. The highest BCUT2D eigenvalue weighted by atomic mass is 19.4. The molecule has 1 heterocycles. The molecule has 0 spiro atoms. The maximum absolute atomic E-state index is 12.9. The van der Waals surface area contributed by atoms with Crippen LogP contribution in [0.5, 0.6) is 0 Å². The van der Waals surface area contributed by atoms with Gasteiger partial charge in [0, 0.05) is 25.4 Å². The van der Waals surface area contributed by atoms with Gasteiger partial charge in [0.1, 0.15) is 0 Å². The van der Waals surface area contributed by atoms with Crippen LogP contribution in [0.15, 0.2) is 18.2 Å². The summed E-state index contributed by atoms with van der Waals surface area (Å²) in [7, 11) is 0. The van der Waals surface area contributed by atoms with E-state index in [0.717, 1.165) is 18.9 Å². The summed E-state index contributed by atoms with van der Waals surface area (Å²) in [5.74, 6) is 0.228. The van der Waals surface area contributed by atoms with Crippen LogP contribution in [0.25, 0.3) is 0 Å². The fourth-order valence-corrected chi connectivity index (χ4v) is 2.43. The van der Waals surface area contributed by atoms with Crippen LogP contribution in [0.3, 0.4) is 0 Å². The number of piperidine rings is 1. The topological polar surface area (TPSA) is 47.3 Å². The van der Waals surface area contributed by atoms with Gasteiger partial charge in [-0.25, -0.2) is 0 Å². The molecule has 0 radical (unpaired) electrons. The number of anilines is 1. The Hall–Kier alpha value is -1.74. The third kappa shape index (κ3) is 3.05. The van der Waals surface area contributed by atoms with Gasteiger partial charge in [0.25, 0.3) is 0 Å². The first kappa shape index (κ1) is 14.7. The van der Waals surface area contributed by atoms with E-state index in [0.29, 0.717) is 18.8 Å². The first-order valence-corrected chi connectivity index (χ1v) is 6.43. The van der Waals surface area contributed by atoms with Gasteiger partial charge in [-0.3, -0.25) is 0 Å². The van der Waals surface area contributed by atoms with E-state index < -0.39 is 11.7 Å². The van der Waals surface area contributed by atoms with Gasteiger partial charge < -0.3 is 10.0 Å². The van der Waals surface area contributed by atoms with Crippen molar-refractivity contribution in [3.05, 3.63) is 29.3 Å². The molecule has 0 aliphatic carbocycles. The molecule has 1 saturated heterocycles. The monoisotopic (exact) mass is 284 g/mol. The van der Waals surface area contributed by atoms with E-state index in [9.17, 15) is 13.2 Å². The van der Waals surface area contributed by atoms with E-state index in [1.807, 2.05) is 4.90 Å². The van der Waals surface area contributed by atoms with Gasteiger partial charge in [0.15, 0.2) is 0 Å². The quantitative estimate of drug-likeness (QED) is 0.908. The largest absolute Gasteiger partial charge is 0.417 e. The Morgan fingerprint density at radius 2 is 1.95 bits per heavy atom. The number of hydrogen-bond acceptors (Lipinski definition) is 3. The van der Waals surface area contributed by atoms with Crippen molar-refractivity contribution in [3.8, 4) is 6.07 Å². The number of hydrogen-bond donors (Lipinski definition) is 1. The summed E-state index contributed by atoms with van der Waals surface area (Å²) in [5.41, 5.74) is -0.763. The van der Waals surface area contributed by atoms with Crippen molar-refractivity contribution < 1.29 is 18.3 Å². The molecular formula is C14H15F3N2O. The summed E-state index contributed by atoms with van der Waals surface area (Å²) in [6.07, 6.45) is -3.00. The summed E-state index contributed by atoms with van der Waals surface area (Å²) < 4.78 is 38.7. The molecule has 1 aromatic carbocycles. The lowest BCUT2D eigenvalue weighted by molar-refractivity contribution is -0.137. The Morgan fingerprint density at radius 3 is 2.45 bits per heavy atom. The van der Waals surface area contributed by atoms with E-state index in [4.69, 9.17) is 10.4 Å². The number of alkyl halides is 3. The van der Waals surface area contributed by atoms with E-state index in [2.05, 4.69) is 0 Å². The molecular weight excluding hydrogens is 269 g/mol. The SMILES string of the molecule is N#Cc1ccc(N2CCC(CO)CC2)cc1C(F)(F)F. The zero-order valence-corrected chi connectivity index (χ0v) is 10.8. The molecule has 6 heteroatoms. The highest BCUT2D eigenvalue weighted by Gasteiger charge is 2.34. The number of aliphatic hydroxyl groups excluding tert-OH is 1. The van der Waals surface area contributed by atoms with Crippen LogP contribution in [0.4, 0.5) is 18.9 Å². The minimum absolute atomic E-state index is 0.120. The number of rotatable bonds is 2. The summed E-state index contributed by atoms with van der Waals surface area (Å²) in [6.45, 7) is 1.36. The predicted octanol–water partition coefficient (Wildman–Crippen LogP) is 2.79. The molecule has 0 unspecified atom stereocenters. The third-order valence-electron chi connectivity index (χ3n) is 3.67. The maximum atomic E-state index is 12.9. The normalized spacial score (nSPS) is 17.1. The smallest absolute Gasteiger partial charge is 0.396 e. The van der Waals surface area contributed by atoms with E-state index in [1.165, 1.54) is 6.07 Å². The number of halogens is 3. The molecule has 1 aromatic rings. The lowest BCUT2D eigenvalue weighted by Gasteiger charge is -2.33. The van der Waals surface area contributed by atoms with Gasteiger partial charge in [-0.1, -0.05) is 0 Å². The molecule has 1 aliphatic heterocycles. The summed E-state index contributed by atoms with van der Waals surface area (Å²) in [5, 5.41) is 17.8. The Labute approximate surface area is 115 Å². The zero-order valence-electron chi connectivity index (χ0n) is 10.8. The molecule has 108 valence electrons. The molecule has 0 saturated carbocycles. The Balaban J connectivity index is 2.24. The van der Waals surface area contributed by atoms with Crippen LogP contribution < -0.4 is 4.90 Å². The van der Waals surface area contributed by atoms with Crippen molar-refractivity contribution in [1.82, 2.24) is 0 Å². The van der Waals surface area contributed by atoms with Gasteiger partial charge in [-0.05, 0) is 37.0 Å². The average Bonchev–Trinajstić information content (AvgIpc) is 2.46. The first-order valence-electron chi connectivity index (χ1n) is 6.43. The fraction of sp³-hybridized carbons (Fsp3) is 0.500. The second kappa shape index (κ2) is 5.71. The van der Waals surface area contributed by atoms with Crippen molar-refractivity contribution >= 4 is 5.69 Å². The number of benzene rings is 1. The van der Waals surface area contributed by atoms with Crippen molar-refractivity contribution in [2.75, 3.05) is 24.6 Å². The van der Waals surface area contributed by atoms with E-state index in [-0.39, 0.29) is 18.1 Å².